The highest BCUT2D eigenvalue weighted by molar-refractivity contribution is 5.92. The summed E-state index contributed by atoms with van der Waals surface area (Å²) in [5.74, 6) is 0.000600. The predicted molar refractivity (Wildman–Crippen MR) is 92.7 cm³/mol. The van der Waals surface area contributed by atoms with Crippen molar-refractivity contribution < 1.29 is 9.59 Å². The first-order chi connectivity index (χ1) is 11.4. The van der Waals surface area contributed by atoms with Crippen LogP contribution in [0.1, 0.15) is 29.5 Å². The van der Waals surface area contributed by atoms with Crippen molar-refractivity contribution in [2.75, 3.05) is 32.7 Å². The van der Waals surface area contributed by atoms with Gasteiger partial charge in [0.25, 0.3) is 5.91 Å². The molecule has 2 rings (SSSR count). The summed E-state index contributed by atoms with van der Waals surface area (Å²) in [6.07, 6.45) is 2.52. The Labute approximate surface area is 143 Å². The summed E-state index contributed by atoms with van der Waals surface area (Å²) in [7, 11) is 1.79. The Hall–Kier alpha value is -2.15. The van der Waals surface area contributed by atoms with Gasteiger partial charge in [-0.1, -0.05) is 6.08 Å². The third kappa shape index (κ3) is 4.23. The fourth-order valence-corrected chi connectivity index (χ4v) is 2.99. The van der Waals surface area contributed by atoms with Gasteiger partial charge in [0.15, 0.2) is 0 Å². The van der Waals surface area contributed by atoms with E-state index >= 15 is 0 Å². The summed E-state index contributed by atoms with van der Waals surface area (Å²) in [4.78, 5) is 28.8. The number of carbonyl (C=O) groups is 2. The number of carbonyl (C=O) groups excluding carboxylic acids is 2. The van der Waals surface area contributed by atoms with Crippen LogP contribution in [0.15, 0.2) is 18.7 Å². The van der Waals surface area contributed by atoms with Gasteiger partial charge in [-0.15, -0.1) is 6.58 Å². The van der Waals surface area contributed by atoms with Gasteiger partial charge in [-0.2, -0.15) is 5.10 Å². The van der Waals surface area contributed by atoms with Crippen molar-refractivity contribution in [1.29, 1.82) is 0 Å². The highest BCUT2D eigenvalue weighted by Crippen LogP contribution is 2.12. The predicted octanol–water partition coefficient (Wildman–Crippen LogP) is 0.567. The molecule has 1 atom stereocenters. The van der Waals surface area contributed by atoms with Crippen LogP contribution in [0.3, 0.4) is 0 Å². The molecule has 0 saturated carbocycles. The van der Waals surface area contributed by atoms with Gasteiger partial charge in [-0.3, -0.25) is 19.2 Å². The molecule has 7 nitrogen and oxygen atoms in total. The zero-order chi connectivity index (χ0) is 17.7. The van der Waals surface area contributed by atoms with Gasteiger partial charge in [0.05, 0.1) is 11.7 Å². The molecule has 2 heterocycles. The van der Waals surface area contributed by atoms with Gasteiger partial charge < -0.3 is 10.2 Å². The van der Waals surface area contributed by atoms with Crippen LogP contribution in [0.4, 0.5) is 0 Å². The molecular formula is C17H27N5O2. The molecule has 0 aromatic carbocycles. The van der Waals surface area contributed by atoms with Crippen LogP contribution in [0.25, 0.3) is 0 Å². The first-order valence-corrected chi connectivity index (χ1v) is 8.36. The number of nitrogens with zero attached hydrogens (tertiary/aromatic N) is 4. The molecule has 2 amide bonds. The largest absolute Gasteiger partial charge is 0.351 e. The second kappa shape index (κ2) is 8.10. The van der Waals surface area contributed by atoms with E-state index in [2.05, 4.69) is 21.9 Å². The van der Waals surface area contributed by atoms with Crippen molar-refractivity contribution in [3.05, 3.63) is 30.1 Å². The minimum absolute atomic E-state index is 0.00284. The molecule has 24 heavy (non-hydrogen) atoms. The minimum Gasteiger partial charge on any atom is -0.351 e. The summed E-state index contributed by atoms with van der Waals surface area (Å²) in [6.45, 7) is 10.7. The van der Waals surface area contributed by atoms with Crippen molar-refractivity contribution in [1.82, 2.24) is 24.9 Å². The van der Waals surface area contributed by atoms with Crippen LogP contribution in [-0.4, -0.2) is 70.2 Å². The van der Waals surface area contributed by atoms with E-state index in [9.17, 15) is 9.59 Å². The topological polar surface area (TPSA) is 70.5 Å². The van der Waals surface area contributed by atoms with Crippen molar-refractivity contribution in [2.24, 2.45) is 7.05 Å². The molecule has 1 fully saturated rings. The van der Waals surface area contributed by atoms with Gasteiger partial charge in [-0.05, 0) is 26.3 Å². The van der Waals surface area contributed by atoms with E-state index in [4.69, 9.17) is 0 Å². The molecule has 1 aliphatic rings. The Kier molecular flexibility index (Phi) is 6.14. The maximum absolute atomic E-state index is 12.7. The fraction of sp³-hybridized carbons (Fsp3) is 0.588. The van der Waals surface area contributed by atoms with Crippen LogP contribution in [0.2, 0.25) is 0 Å². The van der Waals surface area contributed by atoms with Crippen LogP contribution in [0.5, 0.6) is 0 Å². The standard InChI is InChI=1S/C17H27N5O2/c1-5-7-18-16(23)14(3)21-8-6-9-22(11-10-21)17(24)15-12-13(2)19-20(15)4/h5,12,14H,1,6-11H2,2-4H3,(H,18,23). The molecule has 0 radical (unpaired) electrons. The number of amides is 2. The molecule has 1 aromatic rings. The molecule has 1 unspecified atom stereocenters. The molecule has 1 N–H and O–H groups in total. The molecule has 7 heteroatoms. The van der Waals surface area contributed by atoms with E-state index in [1.807, 2.05) is 24.8 Å². The maximum atomic E-state index is 12.7. The van der Waals surface area contributed by atoms with Gasteiger partial charge >= 0.3 is 0 Å². The average Bonchev–Trinajstić information content (AvgIpc) is 2.77. The lowest BCUT2D eigenvalue weighted by atomic mass is 10.2. The minimum atomic E-state index is -0.209. The Balaban J connectivity index is 1.97. The number of hydrogen-bond acceptors (Lipinski definition) is 4. The van der Waals surface area contributed by atoms with E-state index in [0.29, 0.717) is 31.9 Å². The molecule has 1 saturated heterocycles. The van der Waals surface area contributed by atoms with Gasteiger partial charge in [0.1, 0.15) is 5.69 Å². The average molecular weight is 333 g/mol. The Morgan fingerprint density at radius 2 is 2.12 bits per heavy atom. The molecular weight excluding hydrogens is 306 g/mol. The Morgan fingerprint density at radius 1 is 1.38 bits per heavy atom. The van der Waals surface area contributed by atoms with Gasteiger partial charge in [-0.25, -0.2) is 0 Å². The van der Waals surface area contributed by atoms with Gasteiger partial charge in [0, 0.05) is 39.8 Å². The summed E-state index contributed by atoms with van der Waals surface area (Å²) < 4.78 is 1.63. The lowest BCUT2D eigenvalue weighted by Gasteiger charge is -2.26. The summed E-state index contributed by atoms with van der Waals surface area (Å²) in [5.41, 5.74) is 1.45. The second-order valence-electron chi connectivity index (χ2n) is 6.19. The monoisotopic (exact) mass is 333 g/mol. The molecule has 0 spiro atoms. The normalized spacial score (nSPS) is 17.2. The molecule has 0 bridgehead atoms. The van der Waals surface area contributed by atoms with E-state index < -0.39 is 0 Å². The zero-order valence-corrected chi connectivity index (χ0v) is 14.8. The van der Waals surface area contributed by atoms with E-state index in [0.717, 1.165) is 18.7 Å². The van der Waals surface area contributed by atoms with Crippen LogP contribution >= 0.6 is 0 Å². The van der Waals surface area contributed by atoms with E-state index in [1.165, 1.54) is 0 Å². The quantitative estimate of drug-likeness (QED) is 0.800. The van der Waals surface area contributed by atoms with Crippen LogP contribution in [0, 0.1) is 6.92 Å². The number of aromatic nitrogens is 2. The van der Waals surface area contributed by atoms with E-state index in [1.54, 1.807) is 17.8 Å². The summed E-state index contributed by atoms with van der Waals surface area (Å²) >= 11 is 0. The van der Waals surface area contributed by atoms with Crippen LogP contribution in [-0.2, 0) is 11.8 Å². The highest BCUT2D eigenvalue weighted by Gasteiger charge is 2.26. The van der Waals surface area contributed by atoms with Crippen molar-refractivity contribution in [3.8, 4) is 0 Å². The number of aryl methyl sites for hydroxylation is 2. The zero-order valence-electron chi connectivity index (χ0n) is 14.8. The molecule has 0 aliphatic carbocycles. The second-order valence-corrected chi connectivity index (χ2v) is 6.19. The maximum Gasteiger partial charge on any atom is 0.272 e. The smallest absolute Gasteiger partial charge is 0.272 e. The van der Waals surface area contributed by atoms with Crippen molar-refractivity contribution in [3.63, 3.8) is 0 Å². The van der Waals surface area contributed by atoms with Crippen LogP contribution < -0.4 is 5.32 Å². The number of nitrogens with one attached hydrogen (secondary N) is 1. The fourth-order valence-electron chi connectivity index (χ4n) is 2.99. The molecule has 1 aliphatic heterocycles. The van der Waals surface area contributed by atoms with Crippen molar-refractivity contribution >= 4 is 11.8 Å². The highest BCUT2D eigenvalue weighted by atomic mass is 16.2. The lowest BCUT2D eigenvalue weighted by Crippen LogP contribution is -2.46. The summed E-state index contributed by atoms with van der Waals surface area (Å²) in [5, 5.41) is 7.07. The molecule has 1 aromatic heterocycles. The number of rotatable bonds is 5. The van der Waals surface area contributed by atoms with Gasteiger partial charge in [0.2, 0.25) is 5.91 Å². The Morgan fingerprint density at radius 3 is 2.75 bits per heavy atom. The third-order valence-corrected chi connectivity index (χ3v) is 4.39. The first kappa shape index (κ1) is 18.2. The molecule has 132 valence electrons. The summed E-state index contributed by atoms with van der Waals surface area (Å²) in [6, 6.07) is 1.61. The third-order valence-electron chi connectivity index (χ3n) is 4.39. The number of hydrogen-bond donors (Lipinski definition) is 1. The van der Waals surface area contributed by atoms with Crippen molar-refractivity contribution in [2.45, 2.75) is 26.3 Å². The Bertz CT molecular complexity index is 610. The van der Waals surface area contributed by atoms with E-state index in [-0.39, 0.29) is 17.9 Å². The lowest BCUT2D eigenvalue weighted by molar-refractivity contribution is -0.125. The first-order valence-electron chi connectivity index (χ1n) is 8.36. The SMILES string of the molecule is C=CCNC(=O)C(C)N1CCCN(C(=O)c2cc(C)nn2C)CC1.